The number of nitrogens with one attached hydrogen (secondary N) is 1. The number of hydrogen-bond acceptors (Lipinski definition) is 3. The van der Waals surface area contributed by atoms with E-state index in [0.29, 0.717) is 6.04 Å². The Morgan fingerprint density at radius 2 is 2.24 bits per heavy atom. The van der Waals surface area contributed by atoms with Gasteiger partial charge in [-0.05, 0) is 64.3 Å². The quantitative estimate of drug-likeness (QED) is 0.696. The van der Waals surface area contributed by atoms with Crippen molar-refractivity contribution in [1.29, 1.82) is 0 Å². The molecular formula is C16H17Br2NOS. The SMILES string of the molecule is COc1c(Br)cc(Br)cc1CNC1CCCc2sccc21. The Hall–Kier alpha value is -0.360. The predicted octanol–water partition coefficient (Wildman–Crippen LogP) is 5.45. The number of thiophene rings is 1. The highest BCUT2D eigenvalue weighted by Gasteiger charge is 2.21. The Morgan fingerprint density at radius 1 is 1.38 bits per heavy atom. The first-order valence-corrected chi connectivity index (χ1v) is 9.47. The normalized spacial score (nSPS) is 17.6. The van der Waals surface area contributed by atoms with Gasteiger partial charge in [-0.1, -0.05) is 15.9 Å². The first-order chi connectivity index (χ1) is 10.2. The third kappa shape index (κ3) is 3.36. The molecule has 0 spiro atoms. The van der Waals surface area contributed by atoms with E-state index in [-0.39, 0.29) is 0 Å². The van der Waals surface area contributed by atoms with Crippen molar-refractivity contribution in [3.8, 4) is 5.75 Å². The molecule has 1 atom stereocenters. The maximum atomic E-state index is 5.52. The van der Waals surface area contributed by atoms with Crippen LogP contribution in [-0.4, -0.2) is 7.11 Å². The van der Waals surface area contributed by atoms with E-state index in [1.165, 1.54) is 30.4 Å². The molecule has 1 aromatic carbocycles. The van der Waals surface area contributed by atoms with Crippen molar-refractivity contribution in [1.82, 2.24) is 5.32 Å². The van der Waals surface area contributed by atoms with Crippen molar-refractivity contribution in [3.05, 3.63) is 48.5 Å². The summed E-state index contributed by atoms with van der Waals surface area (Å²) in [5.74, 6) is 0.909. The molecule has 1 N–H and O–H groups in total. The maximum Gasteiger partial charge on any atom is 0.137 e. The molecule has 1 aliphatic carbocycles. The number of methoxy groups -OCH3 is 1. The predicted molar refractivity (Wildman–Crippen MR) is 95.2 cm³/mol. The zero-order valence-corrected chi connectivity index (χ0v) is 15.8. The van der Waals surface area contributed by atoms with Crippen molar-refractivity contribution in [2.45, 2.75) is 31.8 Å². The van der Waals surface area contributed by atoms with E-state index < -0.39 is 0 Å². The molecule has 0 saturated heterocycles. The Bertz CT molecular complexity index is 641. The highest BCUT2D eigenvalue weighted by Crippen LogP contribution is 2.35. The lowest BCUT2D eigenvalue weighted by Crippen LogP contribution is -2.24. The summed E-state index contributed by atoms with van der Waals surface area (Å²) in [5, 5.41) is 5.90. The molecule has 112 valence electrons. The third-order valence-corrected chi connectivity index (χ3v) is 5.92. The first-order valence-electron chi connectivity index (χ1n) is 7.00. The molecule has 1 heterocycles. The van der Waals surface area contributed by atoms with Crippen LogP contribution in [0.15, 0.2) is 32.5 Å². The number of rotatable bonds is 4. The fraction of sp³-hybridized carbons (Fsp3) is 0.375. The summed E-state index contributed by atoms with van der Waals surface area (Å²) in [5.41, 5.74) is 2.65. The van der Waals surface area contributed by atoms with Gasteiger partial charge in [0.25, 0.3) is 0 Å². The molecule has 1 aliphatic rings. The van der Waals surface area contributed by atoms with Crippen LogP contribution in [0.3, 0.4) is 0 Å². The van der Waals surface area contributed by atoms with Crippen LogP contribution in [0.5, 0.6) is 5.75 Å². The van der Waals surface area contributed by atoms with Gasteiger partial charge in [0.15, 0.2) is 0 Å². The van der Waals surface area contributed by atoms with Crippen molar-refractivity contribution in [3.63, 3.8) is 0 Å². The fourth-order valence-electron chi connectivity index (χ4n) is 2.91. The van der Waals surface area contributed by atoms with Crippen LogP contribution in [0.25, 0.3) is 0 Å². The van der Waals surface area contributed by atoms with E-state index >= 15 is 0 Å². The molecule has 0 fully saturated rings. The van der Waals surface area contributed by atoms with Gasteiger partial charge >= 0.3 is 0 Å². The topological polar surface area (TPSA) is 21.3 Å². The minimum atomic E-state index is 0.461. The number of benzene rings is 1. The molecule has 2 aromatic rings. The van der Waals surface area contributed by atoms with E-state index in [1.54, 1.807) is 12.0 Å². The third-order valence-electron chi connectivity index (χ3n) is 3.88. The molecular weight excluding hydrogens is 414 g/mol. The lowest BCUT2D eigenvalue weighted by molar-refractivity contribution is 0.399. The van der Waals surface area contributed by atoms with E-state index in [2.05, 4.69) is 54.7 Å². The summed E-state index contributed by atoms with van der Waals surface area (Å²) >= 11 is 9.00. The number of fused-ring (bicyclic) bond motifs is 1. The molecule has 1 aromatic heterocycles. The molecule has 0 bridgehead atoms. The van der Waals surface area contributed by atoms with Gasteiger partial charge in [-0.15, -0.1) is 11.3 Å². The average Bonchev–Trinajstić information content (AvgIpc) is 2.93. The smallest absolute Gasteiger partial charge is 0.137 e. The lowest BCUT2D eigenvalue weighted by atomic mass is 9.94. The van der Waals surface area contributed by atoms with Gasteiger partial charge in [0, 0.05) is 27.5 Å². The van der Waals surface area contributed by atoms with Gasteiger partial charge in [-0.2, -0.15) is 0 Å². The van der Waals surface area contributed by atoms with Crippen molar-refractivity contribution >= 4 is 43.2 Å². The minimum Gasteiger partial charge on any atom is -0.495 e. The van der Waals surface area contributed by atoms with E-state index in [0.717, 1.165) is 21.2 Å². The van der Waals surface area contributed by atoms with Gasteiger partial charge in [0.2, 0.25) is 0 Å². The molecule has 0 aliphatic heterocycles. The van der Waals surface area contributed by atoms with Gasteiger partial charge in [-0.3, -0.25) is 0 Å². The van der Waals surface area contributed by atoms with Gasteiger partial charge in [-0.25, -0.2) is 0 Å². The van der Waals surface area contributed by atoms with Crippen LogP contribution < -0.4 is 10.1 Å². The second-order valence-electron chi connectivity index (χ2n) is 5.20. The second-order valence-corrected chi connectivity index (χ2v) is 7.98. The van der Waals surface area contributed by atoms with Crippen LogP contribution in [0.4, 0.5) is 0 Å². The largest absolute Gasteiger partial charge is 0.495 e. The Kier molecular flexibility index (Phi) is 5.04. The van der Waals surface area contributed by atoms with Crippen molar-refractivity contribution < 1.29 is 4.74 Å². The van der Waals surface area contributed by atoms with Gasteiger partial charge < -0.3 is 10.1 Å². The monoisotopic (exact) mass is 429 g/mol. The van der Waals surface area contributed by atoms with Crippen molar-refractivity contribution in [2.24, 2.45) is 0 Å². The summed E-state index contributed by atoms with van der Waals surface area (Å²) in [6.45, 7) is 0.807. The first kappa shape index (κ1) is 15.5. The van der Waals surface area contributed by atoms with Crippen LogP contribution in [0.2, 0.25) is 0 Å². The second kappa shape index (κ2) is 6.82. The Balaban J connectivity index is 1.77. The molecule has 3 rings (SSSR count). The highest BCUT2D eigenvalue weighted by atomic mass is 79.9. The fourth-order valence-corrected chi connectivity index (χ4v) is 5.37. The summed E-state index contributed by atoms with van der Waals surface area (Å²) < 4.78 is 7.56. The molecule has 1 unspecified atom stereocenters. The Morgan fingerprint density at radius 3 is 3.05 bits per heavy atom. The van der Waals surface area contributed by atoms with E-state index in [9.17, 15) is 0 Å². The zero-order chi connectivity index (χ0) is 14.8. The number of ether oxygens (including phenoxy) is 1. The summed E-state index contributed by atoms with van der Waals surface area (Å²) in [7, 11) is 1.72. The summed E-state index contributed by atoms with van der Waals surface area (Å²) in [4.78, 5) is 1.54. The summed E-state index contributed by atoms with van der Waals surface area (Å²) in [6, 6.07) is 6.86. The lowest BCUT2D eigenvalue weighted by Gasteiger charge is -2.24. The number of aryl methyl sites for hydroxylation is 1. The number of hydrogen-bond donors (Lipinski definition) is 1. The number of halogens is 2. The molecule has 2 nitrogen and oxygen atoms in total. The zero-order valence-electron chi connectivity index (χ0n) is 11.8. The highest BCUT2D eigenvalue weighted by molar-refractivity contribution is 9.11. The van der Waals surface area contributed by atoms with E-state index in [4.69, 9.17) is 4.74 Å². The van der Waals surface area contributed by atoms with Gasteiger partial charge in [0.1, 0.15) is 5.75 Å². The average molecular weight is 431 g/mol. The van der Waals surface area contributed by atoms with Crippen LogP contribution in [-0.2, 0) is 13.0 Å². The van der Waals surface area contributed by atoms with Crippen molar-refractivity contribution in [2.75, 3.05) is 7.11 Å². The molecule has 0 saturated carbocycles. The standard InChI is InChI=1S/C16H17Br2NOS/c1-20-16-10(7-11(17)8-13(16)18)9-19-14-3-2-4-15-12(14)5-6-21-15/h5-8,14,19H,2-4,9H2,1H3. The van der Waals surface area contributed by atoms with Crippen LogP contribution in [0.1, 0.15) is 34.9 Å². The molecule has 5 heteroatoms. The Labute approximate surface area is 146 Å². The molecule has 0 amide bonds. The minimum absolute atomic E-state index is 0.461. The molecule has 21 heavy (non-hydrogen) atoms. The molecule has 0 radical (unpaired) electrons. The van der Waals surface area contributed by atoms with Gasteiger partial charge in [0.05, 0.1) is 11.6 Å². The van der Waals surface area contributed by atoms with Crippen LogP contribution in [0, 0.1) is 0 Å². The summed E-state index contributed by atoms with van der Waals surface area (Å²) in [6.07, 6.45) is 3.71. The van der Waals surface area contributed by atoms with E-state index in [1.807, 2.05) is 17.4 Å². The maximum absolute atomic E-state index is 5.52. The van der Waals surface area contributed by atoms with Crippen LogP contribution >= 0.6 is 43.2 Å².